The van der Waals surface area contributed by atoms with Crippen molar-refractivity contribution >= 4 is 44.9 Å². The molecular weight excluding hydrogens is 525 g/mol. The molecule has 7 aromatic rings. The van der Waals surface area contributed by atoms with Gasteiger partial charge in [0.05, 0.1) is 35.0 Å². The first kappa shape index (κ1) is 23.5. The molecule has 1 saturated carbocycles. The summed E-state index contributed by atoms with van der Waals surface area (Å²) in [4.78, 5) is 13.0. The Kier molecular flexibility index (Phi) is 4.93. The molecule has 1 fully saturated rings. The van der Waals surface area contributed by atoms with Crippen LogP contribution in [0.25, 0.3) is 50.0 Å². The van der Waals surface area contributed by atoms with E-state index in [-0.39, 0.29) is 11.8 Å². The fraction of sp³-hybridized carbons (Fsp3) is 0.214. The Bertz CT molecular complexity index is 2120. The molecule has 1 aliphatic carbocycles. The number of hydrogen-bond acceptors (Lipinski definition) is 9. The predicted molar refractivity (Wildman–Crippen MR) is 151 cm³/mol. The molecule has 8 rings (SSSR count). The van der Waals surface area contributed by atoms with Gasteiger partial charge >= 0.3 is 0 Å². The summed E-state index contributed by atoms with van der Waals surface area (Å²) in [6.45, 7) is 2.84. The van der Waals surface area contributed by atoms with Gasteiger partial charge in [0.2, 0.25) is 0 Å². The standard InChI is InChI=1S/C28H24FN11O/c1-14(24-19-6-5-17(29)9-21(19)40(36-24)18-10-34-38(12-18)11-15-2-3-15)39-27-23(26(30)32-13-33-27)25(37-39)16-4-7-22-20(8-16)35-28(31)41-22/h4-10,12-15H,2-3,11H2,1H3,(H2,31,35)(H2,30,32,33). The lowest BCUT2D eigenvalue weighted by atomic mass is 10.1. The van der Waals surface area contributed by atoms with Crippen molar-refractivity contribution < 1.29 is 8.81 Å². The number of nitrogen functional groups attached to an aromatic ring is 2. The van der Waals surface area contributed by atoms with Crippen LogP contribution in [0.4, 0.5) is 16.2 Å². The van der Waals surface area contributed by atoms with E-state index < -0.39 is 6.04 Å². The van der Waals surface area contributed by atoms with E-state index in [4.69, 9.17) is 26.1 Å². The topological polar surface area (TPSA) is 157 Å². The molecule has 0 amide bonds. The van der Waals surface area contributed by atoms with Crippen LogP contribution in [0, 0.1) is 11.7 Å². The summed E-state index contributed by atoms with van der Waals surface area (Å²) in [6, 6.07) is 9.84. The van der Waals surface area contributed by atoms with Gasteiger partial charge in [0.1, 0.15) is 34.9 Å². The Labute approximate surface area is 231 Å². The van der Waals surface area contributed by atoms with E-state index in [2.05, 4.69) is 20.1 Å². The minimum atomic E-state index is -0.400. The number of anilines is 2. The molecule has 1 unspecified atom stereocenters. The van der Waals surface area contributed by atoms with Gasteiger partial charge in [-0.05, 0) is 56.0 Å². The quantitative estimate of drug-likeness (QED) is 0.305. The molecule has 5 heterocycles. The van der Waals surface area contributed by atoms with Crippen LogP contribution in [0.2, 0.25) is 0 Å². The normalized spacial score (nSPS) is 14.5. The van der Waals surface area contributed by atoms with Crippen molar-refractivity contribution in [3.63, 3.8) is 0 Å². The number of nitrogens with zero attached hydrogens (tertiary/aromatic N) is 9. The van der Waals surface area contributed by atoms with E-state index in [1.165, 1.54) is 31.3 Å². The zero-order chi connectivity index (χ0) is 27.8. The number of nitrogens with two attached hydrogens (primary N) is 2. The maximum Gasteiger partial charge on any atom is 0.292 e. The second-order valence-corrected chi connectivity index (χ2v) is 10.5. The molecular formula is C28H24FN11O. The Morgan fingerprint density at radius 2 is 1.98 bits per heavy atom. The summed E-state index contributed by atoms with van der Waals surface area (Å²) in [5, 5.41) is 15.8. The zero-order valence-electron chi connectivity index (χ0n) is 21.9. The minimum Gasteiger partial charge on any atom is -0.424 e. The van der Waals surface area contributed by atoms with Gasteiger partial charge < -0.3 is 15.9 Å². The second-order valence-electron chi connectivity index (χ2n) is 10.5. The van der Waals surface area contributed by atoms with Gasteiger partial charge in [-0.1, -0.05) is 0 Å². The fourth-order valence-electron chi connectivity index (χ4n) is 5.42. The summed E-state index contributed by atoms with van der Waals surface area (Å²) < 4.78 is 25.3. The van der Waals surface area contributed by atoms with Crippen molar-refractivity contribution in [3.8, 4) is 16.9 Å². The van der Waals surface area contributed by atoms with E-state index in [1.54, 1.807) is 27.7 Å². The van der Waals surface area contributed by atoms with Gasteiger partial charge in [-0.25, -0.2) is 23.7 Å². The summed E-state index contributed by atoms with van der Waals surface area (Å²) in [6.07, 6.45) is 7.57. The summed E-state index contributed by atoms with van der Waals surface area (Å²) in [5.41, 5.74) is 17.3. The van der Waals surface area contributed by atoms with Crippen molar-refractivity contribution in [1.29, 1.82) is 0 Å². The van der Waals surface area contributed by atoms with Gasteiger partial charge in [-0.3, -0.25) is 4.68 Å². The lowest BCUT2D eigenvalue weighted by Crippen LogP contribution is -2.11. The molecule has 41 heavy (non-hydrogen) atoms. The largest absolute Gasteiger partial charge is 0.424 e. The van der Waals surface area contributed by atoms with Gasteiger partial charge in [0.25, 0.3) is 6.01 Å². The maximum absolute atomic E-state index is 14.5. The lowest BCUT2D eigenvalue weighted by molar-refractivity contribution is 0.561. The molecule has 1 atom stereocenters. The summed E-state index contributed by atoms with van der Waals surface area (Å²) >= 11 is 0. The number of oxazole rings is 1. The third kappa shape index (κ3) is 3.80. The Balaban J connectivity index is 1.28. The minimum absolute atomic E-state index is 0.0843. The number of hydrogen-bond donors (Lipinski definition) is 2. The molecule has 12 nitrogen and oxygen atoms in total. The monoisotopic (exact) mass is 549 g/mol. The number of fused-ring (bicyclic) bond motifs is 3. The lowest BCUT2D eigenvalue weighted by Gasteiger charge is -2.11. The number of rotatable bonds is 6. The van der Waals surface area contributed by atoms with Crippen molar-refractivity contribution in [3.05, 3.63) is 66.6 Å². The number of aromatic nitrogens is 9. The first-order valence-electron chi connectivity index (χ1n) is 13.3. The Morgan fingerprint density at radius 3 is 2.83 bits per heavy atom. The van der Waals surface area contributed by atoms with Crippen LogP contribution in [-0.2, 0) is 6.54 Å². The third-order valence-electron chi connectivity index (χ3n) is 7.64. The highest BCUT2D eigenvalue weighted by Gasteiger charge is 2.26. The third-order valence-corrected chi connectivity index (χ3v) is 7.64. The van der Waals surface area contributed by atoms with Crippen LogP contribution >= 0.6 is 0 Å². The van der Waals surface area contributed by atoms with Crippen LogP contribution in [0.15, 0.2) is 59.5 Å². The number of halogens is 1. The number of benzene rings is 2. The Morgan fingerprint density at radius 1 is 1.10 bits per heavy atom. The SMILES string of the molecule is CC(c1nn(-c2cnn(CC3CC3)c2)c2cc(F)ccc12)n1nc(-c2ccc3oc(N)nc3c2)c2c(N)ncnc21. The molecule has 0 aliphatic heterocycles. The van der Waals surface area contributed by atoms with Gasteiger partial charge in [0.15, 0.2) is 11.2 Å². The molecule has 5 aromatic heterocycles. The fourth-order valence-corrected chi connectivity index (χ4v) is 5.42. The predicted octanol–water partition coefficient (Wildman–Crippen LogP) is 4.49. The van der Waals surface area contributed by atoms with Crippen LogP contribution < -0.4 is 11.5 Å². The molecule has 2 aromatic carbocycles. The van der Waals surface area contributed by atoms with Crippen LogP contribution in [0.5, 0.6) is 0 Å². The first-order valence-corrected chi connectivity index (χ1v) is 13.3. The van der Waals surface area contributed by atoms with E-state index in [9.17, 15) is 4.39 Å². The van der Waals surface area contributed by atoms with Crippen molar-refractivity contribution in [2.45, 2.75) is 32.4 Å². The van der Waals surface area contributed by atoms with Gasteiger partial charge in [-0.2, -0.15) is 20.3 Å². The van der Waals surface area contributed by atoms with Crippen molar-refractivity contribution in [2.75, 3.05) is 11.5 Å². The average Bonchev–Trinajstić information content (AvgIpc) is 3.29. The molecule has 0 radical (unpaired) electrons. The smallest absolute Gasteiger partial charge is 0.292 e. The molecule has 4 N–H and O–H groups in total. The molecule has 0 saturated heterocycles. The van der Waals surface area contributed by atoms with E-state index >= 15 is 0 Å². The molecule has 204 valence electrons. The van der Waals surface area contributed by atoms with Crippen LogP contribution in [-0.4, -0.2) is 44.3 Å². The highest BCUT2D eigenvalue weighted by Crippen LogP contribution is 2.36. The van der Waals surface area contributed by atoms with Crippen molar-refractivity contribution in [2.24, 2.45) is 5.92 Å². The van der Waals surface area contributed by atoms with Crippen molar-refractivity contribution in [1.82, 2.24) is 44.3 Å². The highest BCUT2D eigenvalue weighted by molar-refractivity contribution is 5.99. The van der Waals surface area contributed by atoms with Gasteiger partial charge in [0, 0.05) is 23.6 Å². The molecule has 0 spiro atoms. The summed E-state index contributed by atoms with van der Waals surface area (Å²) in [5.74, 6) is 0.618. The maximum atomic E-state index is 14.5. The van der Waals surface area contributed by atoms with E-state index in [0.717, 1.165) is 23.2 Å². The van der Waals surface area contributed by atoms with E-state index in [0.29, 0.717) is 50.8 Å². The van der Waals surface area contributed by atoms with Crippen LogP contribution in [0.1, 0.15) is 31.5 Å². The average molecular weight is 550 g/mol. The van der Waals surface area contributed by atoms with Crippen LogP contribution in [0.3, 0.4) is 0 Å². The first-order chi connectivity index (χ1) is 19.9. The van der Waals surface area contributed by atoms with Gasteiger partial charge in [-0.15, -0.1) is 0 Å². The zero-order valence-corrected chi connectivity index (χ0v) is 21.9. The second kappa shape index (κ2) is 8.58. The van der Waals surface area contributed by atoms with E-state index in [1.807, 2.05) is 29.9 Å². The molecule has 1 aliphatic rings. The molecule has 13 heteroatoms. The highest BCUT2D eigenvalue weighted by atomic mass is 19.1. The Hall–Kier alpha value is -5.33. The summed E-state index contributed by atoms with van der Waals surface area (Å²) in [7, 11) is 0. The molecule has 0 bridgehead atoms.